The van der Waals surface area contributed by atoms with Crippen LogP contribution in [0.1, 0.15) is 24.5 Å². The summed E-state index contributed by atoms with van der Waals surface area (Å²) < 4.78 is 10.9. The van der Waals surface area contributed by atoms with Crippen LogP contribution >= 0.6 is 27.5 Å². The zero-order chi connectivity index (χ0) is 10.8. The minimum absolute atomic E-state index is 0.221. The van der Waals surface area contributed by atoms with Gasteiger partial charge in [0.25, 0.3) is 5.89 Å². The second-order valence-electron chi connectivity index (χ2n) is 2.94. The Kier molecular flexibility index (Phi) is 3.11. The Balaban J connectivity index is 2.27. The molecule has 0 saturated carbocycles. The summed E-state index contributed by atoms with van der Waals surface area (Å²) in [6.45, 7) is 1.96. The molecule has 15 heavy (non-hydrogen) atoms. The number of halogens is 2. The van der Waals surface area contributed by atoms with E-state index < -0.39 is 0 Å². The molecule has 0 bridgehead atoms. The highest BCUT2D eigenvalue weighted by molar-refractivity contribution is 9.10. The molecule has 2 aromatic rings. The van der Waals surface area contributed by atoms with E-state index in [1.165, 1.54) is 0 Å². The first-order valence-corrected chi connectivity index (χ1v) is 5.67. The van der Waals surface area contributed by atoms with Gasteiger partial charge in [0.2, 0.25) is 0 Å². The lowest BCUT2D eigenvalue weighted by Gasteiger charge is -1.95. The van der Waals surface area contributed by atoms with E-state index in [4.69, 9.17) is 20.5 Å². The van der Waals surface area contributed by atoms with E-state index in [2.05, 4.69) is 26.1 Å². The van der Waals surface area contributed by atoms with Gasteiger partial charge in [-0.2, -0.15) is 4.98 Å². The predicted octanol–water partition coefficient (Wildman–Crippen LogP) is 3.78. The Morgan fingerprint density at radius 3 is 2.93 bits per heavy atom. The molecule has 0 amide bonds. The molecule has 80 valence electrons. The standard InChI is InChI=1S/C9H8BrClN2O2/c1-2-5(11)8-12-9(15-13-8)6-3-4-7(10)14-6/h3-5H,2H2,1H3. The fraction of sp³-hybridized carbons (Fsp3) is 0.333. The molecule has 2 rings (SSSR count). The molecule has 0 aliphatic rings. The van der Waals surface area contributed by atoms with Gasteiger partial charge in [0, 0.05) is 0 Å². The Morgan fingerprint density at radius 2 is 2.33 bits per heavy atom. The second kappa shape index (κ2) is 4.37. The summed E-state index contributed by atoms with van der Waals surface area (Å²) in [5.41, 5.74) is 0. The largest absolute Gasteiger partial charge is 0.444 e. The average Bonchev–Trinajstić information content (AvgIpc) is 2.84. The zero-order valence-electron chi connectivity index (χ0n) is 7.91. The van der Waals surface area contributed by atoms with Crippen molar-refractivity contribution < 1.29 is 8.94 Å². The third-order valence-corrected chi connectivity index (χ3v) is 2.79. The molecule has 0 aromatic carbocycles. The molecule has 0 aliphatic heterocycles. The van der Waals surface area contributed by atoms with Crippen LogP contribution in [0.4, 0.5) is 0 Å². The number of nitrogens with zero attached hydrogens (tertiary/aromatic N) is 2. The second-order valence-corrected chi connectivity index (χ2v) is 4.25. The maximum Gasteiger partial charge on any atom is 0.293 e. The van der Waals surface area contributed by atoms with Gasteiger partial charge in [0.05, 0.1) is 5.38 Å². The summed E-state index contributed by atoms with van der Waals surface area (Å²) in [5, 5.41) is 3.56. The molecule has 0 radical (unpaired) electrons. The van der Waals surface area contributed by atoms with Crippen molar-refractivity contribution in [3.05, 3.63) is 22.6 Å². The quantitative estimate of drug-likeness (QED) is 0.808. The first kappa shape index (κ1) is 10.7. The van der Waals surface area contributed by atoms with Gasteiger partial charge in [-0.1, -0.05) is 12.1 Å². The maximum atomic E-state index is 5.97. The summed E-state index contributed by atoms with van der Waals surface area (Å²) in [7, 11) is 0. The van der Waals surface area contributed by atoms with Crippen molar-refractivity contribution in [3.8, 4) is 11.7 Å². The minimum atomic E-state index is -0.221. The summed E-state index contributed by atoms with van der Waals surface area (Å²) >= 11 is 9.17. The topological polar surface area (TPSA) is 52.1 Å². The Morgan fingerprint density at radius 1 is 1.53 bits per heavy atom. The van der Waals surface area contributed by atoms with Gasteiger partial charge in [0.1, 0.15) is 0 Å². The number of hydrogen-bond acceptors (Lipinski definition) is 4. The van der Waals surface area contributed by atoms with Crippen LogP contribution in [0, 0.1) is 0 Å². The van der Waals surface area contributed by atoms with Gasteiger partial charge in [-0.3, -0.25) is 0 Å². The molecule has 4 nitrogen and oxygen atoms in total. The highest BCUT2D eigenvalue weighted by atomic mass is 79.9. The molecular weight excluding hydrogens is 283 g/mol. The van der Waals surface area contributed by atoms with Gasteiger partial charge < -0.3 is 8.94 Å². The summed E-state index contributed by atoms with van der Waals surface area (Å²) in [5.74, 6) is 1.36. The Bertz CT molecular complexity index is 454. The lowest BCUT2D eigenvalue weighted by molar-refractivity contribution is 0.406. The minimum Gasteiger partial charge on any atom is -0.444 e. The van der Waals surface area contributed by atoms with E-state index in [0.717, 1.165) is 6.42 Å². The lowest BCUT2D eigenvalue weighted by atomic mass is 10.3. The van der Waals surface area contributed by atoms with Crippen LogP contribution in [0.2, 0.25) is 0 Å². The first-order chi connectivity index (χ1) is 7.20. The smallest absolute Gasteiger partial charge is 0.293 e. The van der Waals surface area contributed by atoms with Crippen LogP contribution in [0.15, 0.2) is 25.7 Å². The monoisotopic (exact) mass is 290 g/mol. The molecular formula is C9H8BrClN2O2. The Hall–Kier alpha value is -0.810. The van der Waals surface area contributed by atoms with Crippen LogP contribution in [-0.2, 0) is 0 Å². The van der Waals surface area contributed by atoms with Crippen molar-refractivity contribution in [1.82, 2.24) is 10.1 Å². The highest BCUT2D eigenvalue weighted by Crippen LogP contribution is 2.26. The molecule has 0 fully saturated rings. The molecule has 0 spiro atoms. The van der Waals surface area contributed by atoms with Crippen LogP contribution in [-0.4, -0.2) is 10.1 Å². The van der Waals surface area contributed by atoms with E-state index in [-0.39, 0.29) is 5.38 Å². The first-order valence-electron chi connectivity index (χ1n) is 4.44. The van der Waals surface area contributed by atoms with E-state index >= 15 is 0 Å². The Labute approximate surface area is 99.7 Å². The van der Waals surface area contributed by atoms with Gasteiger partial charge in [-0.25, -0.2) is 0 Å². The third-order valence-electron chi connectivity index (χ3n) is 1.86. The van der Waals surface area contributed by atoms with Crippen molar-refractivity contribution in [2.75, 3.05) is 0 Å². The summed E-state index contributed by atoms with van der Waals surface area (Å²) in [4.78, 5) is 4.14. The molecule has 2 heterocycles. The van der Waals surface area contributed by atoms with Crippen LogP contribution in [0.3, 0.4) is 0 Å². The van der Waals surface area contributed by atoms with Crippen molar-refractivity contribution in [1.29, 1.82) is 0 Å². The maximum absolute atomic E-state index is 5.97. The fourth-order valence-electron chi connectivity index (χ4n) is 1.07. The van der Waals surface area contributed by atoms with Crippen LogP contribution < -0.4 is 0 Å². The number of alkyl halides is 1. The van der Waals surface area contributed by atoms with Gasteiger partial charge >= 0.3 is 0 Å². The third kappa shape index (κ3) is 2.23. The zero-order valence-corrected chi connectivity index (χ0v) is 10.2. The van der Waals surface area contributed by atoms with E-state index in [1.807, 2.05) is 6.92 Å². The fourth-order valence-corrected chi connectivity index (χ4v) is 1.47. The van der Waals surface area contributed by atoms with Crippen molar-refractivity contribution >= 4 is 27.5 Å². The van der Waals surface area contributed by atoms with Crippen molar-refractivity contribution in [2.45, 2.75) is 18.7 Å². The summed E-state index contributed by atoms with van der Waals surface area (Å²) in [6, 6.07) is 3.51. The molecule has 2 aromatic heterocycles. The SMILES string of the molecule is CCC(Cl)c1noc(-c2ccc(Br)o2)n1. The van der Waals surface area contributed by atoms with E-state index in [0.29, 0.717) is 22.1 Å². The number of aromatic nitrogens is 2. The average molecular weight is 292 g/mol. The number of rotatable bonds is 3. The normalized spacial score (nSPS) is 13.0. The van der Waals surface area contributed by atoms with Gasteiger partial charge in [-0.05, 0) is 34.5 Å². The van der Waals surface area contributed by atoms with Crippen molar-refractivity contribution in [2.24, 2.45) is 0 Å². The molecule has 0 N–H and O–H groups in total. The molecule has 1 unspecified atom stereocenters. The summed E-state index contributed by atoms with van der Waals surface area (Å²) in [6.07, 6.45) is 0.752. The molecule has 6 heteroatoms. The van der Waals surface area contributed by atoms with Gasteiger partial charge in [0.15, 0.2) is 16.3 Å². The molecule has 1 atom stereocenters. The van der Waals surface area contributed by atoms with E-state index in [1.54, 1.807) is 12.1 Å². The molecule has 0 aliphatic carbocycles. The molecule has 0 saturated heterocycles. The lowest BCUT2D eigenvalue weighted by Crippen LogP contribution is -1.90. The van der Waals surface area contributed by atoms with Crippen LogP contribution in [0.5, 0.6) is 0 Å². The van der Waals surface area contributed by atoms with Gasteiger partial charge in [-0.15, -0.1) is 11.6 Å². The van der Waals surface area contributed by atoms with Crippen molar-refractivity contribution in [3.63, 3.8) is 0 Å². The van der Waals surface area contributed by atoms with E-state index in [9.17, 15) is 0 Å². The van der Waals surface area contributed by atoms with Crippen LogP contribution in [0.25, 0.3) is 11.7 Å². The number of furan rings is 1. The highest BCUT2D eigenvalue weighted by Gasteiger charge is 2.16. The number of hydrogen-bond donors (Lipinski definition) is 0. The predicted molar refractivity (Wildman–Crippen MR) is 58.6 cm³/mol.